The van der Waals surface area contributed by atoms with Crippen molar-refractivity contribution in [1.29, 1.82) is 0 Å². The fourth-order valence-corrected chi connectivity index (χ4v) is 3.41. The molecule has 2 fully saturated rings. The highest BCUT2D eigenvalue weighted by Gasteiger charge is 2.49. The maximum Gasteiger partial charge on any atom is 0.340 e. The van der Waals surface area contributed by atoms with E-state index >= 15 is 0 Å². The molecule has 124 valence electrons. The molecule has 1 aromatic rings. The molecular weight excluding hydrogens is 296 g/mol. The number of rotatable bonds is 5. The van der Waals surface area contributed by atoms with E-state index in [2.05, 4.69) is 0 Å². The maximum absolute atomic E-state index is 12.8. The van der Waals surface area contributed by atoms with Crippen LogP contribution in [-0.4, -0.2) is 48.9 Å². The van der Waals surface area contributed by atoms with E-state index < -0.39 is 5.97 Å². The summed E-state index contributed by atoms with van der Waals surface area (Å²) in [7, 11) is 0. The van der Waals surface area contributed by atoms with Gasteiger partial charge in [0.05, 0.1) is 23.9 Å². The van der Waals surface area contributed by atoms with Crippen LogP contribution in [0.15, 0.2) is 24.3 Å². The second-order valence-corrected chi connectivity index (χ2v) is 5.64. The molecule has 2 amide bonds. The summed E-state index contributed by atoms with van der Waals surface area (Å²) < 4.78 is 11.0. The predicted octanol–water partition coefficient (Wildman–Crippen LogP) is 2.63. The Morgan fingerprint density at radius 3 is 2.78 bits per heavy atom. The van der Waals surface area contributed by atoms with Crippen LogP contribution in [0, 0.1) is 0 Å². The van der Waals surface area contributed by atoms with E-state index in [-0.39, 0.29) is 18.3 Å². The highest BCUT2D eigenvalue weighted by atomic mass is 16.5. The van der Waals surface area contributed by atoms with Gasteiger partial charge < -0.3 is 14.4 Å². The van der Waals surface area contributed by atoms with E-state index in [1.807, 2.05) is 17.9 Å². The molecule has 2 aliphatic rings. The van der Waals surface area contributed by atoms with Gasteiger partial charge in [0.2, 0.25) is 0 Å². The molecule has 3 rings (SSSR count). The van der Waals surface area contributed by atoms with Gasteiger partial charge in [-0.25, -0.2) is 9.59 Å². The summed E-state index contributed by atoms with van der Waals surface area (Å²) in [6, 6.07) is 7.01. The molecule has 0 aromatic heterocycles. The third-order valence-electron chi connectivity index (χ3n) is 4.33. The zero-order chi connectivity index (χ0) is 16.4. The molecule has 0 unspecified atom stereocenters. The number of esters is 1. The lowest BCUT2D eigenvalue weighted by Gasteiger charge is -2.27. The van der Waals surface area contributed by atoms with Gasteiger partial charge in [0.15, 0.2) is 6.23 Å². The number of hydrogen-bond acceptors (Lipinski definition) is 4. The average molecular weight is 318 g/mol. The van der Waals surface area contributed by atoms with E-state index in [1.54, 1.807) is 30.0 Å². The Bertz CT molecular complexity index is 604. The van der Waals surface area contributed by atoms with Gasteiger partial charge in [-0.1, -0.05) is 12.1 Å². The first-order valence-corrected chi connectivity index (χ1v) is 8.16. The second kappa shape index (κ2) is 6.58. The number of nitrogens with zero attached hydrogens (tertiary/aromatic N) is 2. The van der Waals surface area contributed by atoms with Crippen molar-refractivity contribution in [2.75, 3.05) is 24.7 Å². The van der Waals surface area contributed by atoms with Crippen LogP contribution in [-0.2, 0) is 9.47 Å². The molecule has 0 spiro atoms. The third-order valence-corrected chi connectivity index (χ3v) is 4.33. The summed E-state index contributed by atoms with van der Waals surface area (Å²) in [6.45, 7) is 5.23. The number of carbonyl (C=O) groups excluding carboxylic acids is 2. The van der Waals surface area contributed by atoms with Gasteiger partial charge in [-0.05, 0) is 38.8 Å². The third kappa shape index (κ3) is 2.67. The van der Waals surface area contributed by atoms with Crippen molar-refractivity contribution in [3.05, 3.63) is 29.8 Å². The number of urea groups is 1. The van der Waals surface area contributed by atoms with Crippen LogP contribution >= 0.6 is 0 Å². The quantitative estimate of drug-likeness (QED) is 0.783. The summed E-state index contributed by atoms with van der Waals surface area (Å²) in [5.41, 5.74) is 0.956. The molecule has 23 heavy (non-hydrogen) atoms. The van der Waals surface area contributed by atoms with E-state index in [0.717, 1.165) is 19.4 Å². The van der Waals surface area contributed by atoms with Crippen LogP contribution < -0.4 is 4.90 Å². The molecule has 0 aliphatic carbocycles. The molecule has 0 N–H and O–H groups in total. The van der Waals surface area contributed by atoms with Crippen molar-refractivity contribution in [3.8, 4) is 0 Å². The first-order valence-electron chi connectivity index (χ1n) is 8.16. The molecule has 1 aromatic carbocycles. The molecule has 0 saturated carbocycles. The zero-order valence-corrected chi connectivity index (χ0v) is 13.5. The minimum atomic E-state index is -0.418. The van der Waals surface area contributed by atoms with E-state index in [9.17, 15) is 9.59 Å². The van der Waals surface area contributed by atoms with Crippen LogP contribution in [0.5, 0.6) is 0 Å². The highest BCUT2D eigenvalue weighted by Crippen LogP contribution is 2.37. The van der Waals surface area contributed by atoms with Crippen molar-refractivity contribution >= 4 is 17.7 Å². The monoisotopic (exact) mass is 318 g/mol. The van der Waals surface area contributed by atoms with Crippen molar-refractivity contribution < 1.29 is 19.1 Å². The largest absolute Gasteiger partial charge is 0.462 e. The molecule has 2 atom stereocenters. The topological polar surface area (TPSA) is 59.1 Å². The number of para-hydroxylation sites is 1. The summed E-state index contributed by atoms with van der Waals surface area (Å²) in [4.78, 5) is 28.5. The van der Waals surface area contributed by atoms with Gasteiger partial charge in [0, 0.05) is 13.2 Å². The molecule has 2 heterocycles. The van der Waals surface area contributed by atoms with Gasteiger partial charge in [0.25, 0.3) is 0 Å². The Kier molecular flexibility index (Phi) is 4.52. The molecule has 2 saturated heterocycles. The van der Waals surface area contributed by atoms with E-state index in [0.29, 0.717) is 24.5 Å². The Labute approximate surface area is 136 Å². The molecule has 6 heteroatoms. The number of anilines is 1. The van der Waals surface area contributed by atoms with Crippen LogP contribution in [0.3, 0.4) is 0 Å². The number of benzene rings is 1. The van der Waals surface area contributed by atoms with Gasteiger partial charge in [-0.3, -0.25) is 4.90 Å². The minimum absolute atomic E-state index is 0.0534. The van der Waals surface area contributed by atoms with Crippen molar-refractivity contribution in [2.45, 2.75) is 39.0 Å². The summed E-state index contributed by atoms with van der Waals surface area (Å²) >= 11 is 0. The summed E-state index contributed by atoms with van der Waals surface area (Å²) in [5.74, 6) is -0.418. The van der Waals surface area contributed by atoms with Crippen LogP contribution in [0.4, 0.5) is 10.5 Å². The minimum Gasteiger partial charge on any atom is -0.462 e. The average Bonchev–Trinajstić information content (AvgIpc) is 3.12. The fraction of sp³-hybridized carbons (Fsp3) is 0.529. The standard InChI is InChI=1S/C17H22N2O4/c1-3-22-15-14-10-7-11-18(14)17(21)19(15)13-9-6-5-8-12(13)16(20)23-4-2/h5-6,8-9,14-15H,3-4,7,10-11H2,1-2H3/t14-,15+/m0/s1. The second-order valence-electron chi connectivity index (χ2n) is 5.64. The Balaban J connectivity index is 1.99. The van der Waals surface area contributed by atoms with Crippen molar-refractivity contribution in [2.24, 2.45) is 0 Å². The smallest absolute Gasteiger partial charge is 0.340 e. The lowest BCUT2D eigenvalue weighted by Crippen LogP contribution is -2.40. The predicted molar refractivity (Wildman–Crippen MR) is 85.4 cm³/mol. The van der Waals surface area contributed by atoms with E-state index in [4.69, 9.17) is 9.47 Å². The first kappa shape index (κ1) is 15.8. The van der Waals surface area contributed by atoms with Gasteiger partial charge in [-0.15, -0.1) is 0 Å². The Morgan fingerprint density at radius 2 is 2.04 bits per heavy atom. The maximum atomic E-state index is 12.8. The van der Waals surface area contributed by atoms with Crippen molar-refractivity contribution in [3.63, 3.8) is 0 Å². The molecule has 0 radical (unpaired) electrons. The zero-order valence-electron chi connectivity index (χ0n) is 13.5. The number of hydrogen-bond donors (Lipinski definition) is 0. The summed E-state index contributed by atoms with van der Waals surface area (Å²) in [6.07, 6.45) is 1.56. The SMILES string of the molecule is CCOC(=O)c1ccccc1N1C(=O)N2CCC[C@H]2[C@H]1OCC. The molecular formula is C17H22N2O4. The van der Waals surface area contributed by atoms with Crippen molar-refractivity contribution in [1.82, 2.24) is 4.90 Å². The van der Waals surface area contributed by atoms with Gasteiger partial charge in [-0.2, -0.15) is 0 Å². The Morgan fingerprint density at radius 1 is 1.26 bits per heavy atom. The number of fused-ring (bicyclic) bond motifs is 1. The normalized spacial score (nSPS) is 23.3. The number of carbonyl (C=O) groups is 2. The lowest BCUT2D eigenvalue weighted by molar-refractivity contribution is 0.0440. The molecule has 2 aliphatic heterocycles. The summed E-state index contributed by atoms with van der Waals surface area (Å²) in [5, 5.41) is 0. The lowest BCUT2D eigenvalue weighted by atomic mass is 10.1. The highest BCUT2D eigenvalue weighted by molar-refractivity contribution is 6.03. The van der Waals surface area contributed by atoms with Crippen LogP contribution in [0.1, 0.15) is 37.0 Å². The number of amides is 2. The molecule has 6 nitrogen and oxygen atoms in total. The van der Waals surface area contributed by atoms with Crippen LogP contribution in [0.25, 0.3) is 0 Å². The van der Waals surface area contributed by atoms with E-state index in [1.165, 1.54) is 0 Å². The Hall–Kier alpha value is -2.08. The van der Waals surface area contributed by atoms with Gasteiger partial charge in [0.1, 0.15) is 0 Å². The molecule has 0 bridgehead atoms. The fourth-order valence-electron chi connectivity index (χ4n) is 3.41. The number of ether oxygens (including phenoxy) is 2. The first-order chi connectivity index (χ1) is 11.2. The van der Waals surface area contributed by atoms with Crippen LogP contribution in [0.2, 0.25) is 0 Å². The van der Waals surface area contributed by atoms with Gasteiger partial charge >= 0.3 is 12.0 Å².